The second-order valence-corrected chi connectivity index (χ2v) is 6.46. The zero-order valence-corrected chi connectivity index (χ0v) is 14.7. The van der Waals surface area contributed by atoms with Gasteiger partial charge in [0.05, 0.1) is 12.2 Å². The Hall–Kier alpha value is -1.17. The van der Waals surface area contributed by atoms with Crippen LogP contribution < -0.4 is 10.6 Å². The van der Waals surface area contributed by atoms with Gasteiger partial charge in [-0.05, 0) is 52.7 Å². The summed E-state index contributed by atoms with van der Waals surface area (Å²) in [7, 11) is 0. The summed E-state index contributed by atoms with van der Waals surface area (Å²) in [6.45, 7) is 2.29. The van der Waals surface area contributed by atoms with E-state index in [4.69, 9.17) is 0 Å². The monoisotopic (exact) mass is 410 g/mol. The van der Waals surface area contributed by atoms with Crippen LogP contribution in [0.25, 0.3) is 0 Å². The second-order valence-electron chi connectivity index (χ2n) is 4.69. The van der Waals surface area contributed by atoms with Crippen LogP contribution in [0, 0.1) is 0 Å². The summed E-state index contributed by atoms with van der Waals surface area (Å²) in [6.07, 6.45) is 0. The lowest BCUT2D eigenvalue weighted by atomic mass is 10.1. The van der Waals surface area contributed by atoms with Crippen LogP contribution in [0.3, 0.4) is 0 Å². The van der Waals surface area contributed by atoms with Gasteiger partial charge in [-0.1, -0.05) is 40.2 Å². The average Bonchev–Trinajstić information content (AvgIpc) is 2.47. The number of anilines is 1. The van der Waals surface area contributed by atoms with Gasteiger partial charge in [-0.2, -0.15) is 0 Å². The summed E-state index contributed by atoms with van der Waals surface area (Å²) < 4.78 is 1.91. The number of halogens is 2. The lowest BCUT2D eigenvalue weighted by molar-refractivity contribution is -0.115. The molecule has 0 aromatic heterocycles. The highest BCUT2D eigenvalue weighted by atomic mass is 79.9. The van der Waals surface area contributed by atoms with Gasteiger partial charge >= 0.3 is 0 Å². The van der Waals surface area contributed by atoms with Gasteiger partial charge in [0, 0.05) is 15.0 Å². The van der Waals surface area contributed by atoms with Crippen LogP contribution in [0.15, 0.2) is 57.5 Å². The van der Waals surface area contributed by atoms with Gasteiger partial charge in [0.15, 0.2) is 0 Å². The molecular weight excluding hydrogens is 396 g/mol. The first-order valence-corrected chi connectivity index (χ1v) is 8.18. The Bertz CT molecular complexity index is 631. The van der Waals surface area contributed by atoms with Crippen molar-refractivity contribution < 1.29 is 4.79 Å². The maximum absolute atomic E-state index is 12.0. The van der Waals surface area contributed by atoms with E-state index in [-0.39, 0.29) is 18.5 Å². The zero-order chi connectivity index (χ0) is 15.2. The number of carbonyl (C=O) groups excluding carboxylic acids is 1. The van der Waals surface area contributed by atoms with Crippen molar-refractivity contribution in [2.24, 2.45) is 0 Å². The van der Waals surface area contributed by atoms with Crippen LogP contribution in [-0.2, 0) is 4.79 Å². The summed E-state index contributed by atoms with van der Waals surface area (Å²) >= 11 is 6.86. The van der Waals surface area contributed by atoms with Crippen molar-refractivity contribution in [2.75, 3.05) is 11.9 Å². The van der Waals surface area contributed by atoms with Crippen LogP contribution in [0.2, 0.25) is 0 Å². The van der Waals surface area contributed by atoms with Crippen molar-refractivity contribution in [1.29, 1.82) is 0 Å². The molecule has 2 rings (SSSR count). The van der Waals surface area contributed by atoms with E-state index >= 15 is 0 Å². The number of nitrogens with one attached hydrogen (secondary N) is 2. The van der Waals surface area contributed by atoms with Gasteiger partial charge in [-0.15, -0.1) is 0 Å². The fourth-order valence-corrected chi connectivity index (χ4v) is 2.70. The number of para-hydroxylation sites is 1. The molecule has 0 spiro atoms. The van der Waals surface area contributed by atoms with Crippen LogP contribution >= 0.6 is 31.9 Å². The smallest absolute Gasteiger partial charge is 0.238 e. The Labute approximate surface area is 141 Å². The Morgan fingerprint density at radius 3 is 2.62 bits per heavy atom. The van der Waals surface area contributed by atoms with Gasteiger partial charge in [0.25, 0.3) is 0 Å². The molecule has 0 aliphatic heterocycles. The summed E-state index contributed by atoms with van der Waals surface area (Å²) in [4.78, 5) is 12.0. The maximum Gasteiger partial charge on any atom is 0.238 e. The molecule has 2 aromatic rings. The fraction of sp³-hybridized carbons (Fsp3) is 0.188. The summed E-state index contributed by atoms with van der Waals surface area (Å²) in [6, 6.07) is 15.7. The minimum absolute atomic E-state index is 0.0660. The highest BCUT2D eigenvalue weighted by molar-refractivity contribution is 9.10. The summed E-state index contributed by atoms with van der Waals surface area (Å²) in [5, 5.41) is 6.09. The van der Waals surface area contributed by atoms with Gasteiger partial charge in [-0.3, -0.25) is 4.79 Å². The first-order chi connectivity index (χ1) is 10.1. The van der Waals surface area contributed by atoms with E-state index in [1.807, 2.05) is 55.5 Å². The predicted molar refractivity (Wildman–Crippen MR) is 93.3 cm³/mol. The molecule has 0 saturated carbocycles. The molecule has 0 heterocycles. The van der Waals surface area contributed by atoms with Crippen molar-refractivity contribution >= 4 is 43.5 Å². The van der Waals surface area contributed by atoms with Gasteiger partial charge in [0.1, 0.15) is 0 Å². The Balaban J connectivity index is 1.88. The molecule has 0 saturated heterocycles. The van der Waals surface area contributed by atoms with E-state index in [9.17, 15) is 4.79 Å². The van der Waals surface area contributed by atoms with Crippen molar-refractivity contribution in [1.82, 2.24) is 5.32 Å². The van der Waals surface area contributed by atoms with Crippen molar-refractivity contribution in [3.05, 3.63) is 63.0 Å². The quantitative estimate of drug-likeness (QED) is 0.760. The van der Waals surface area contributed by atoms with E-state index in [0.29, 0.717) is 0 Å². The molecule has 1 amide bonds. The molecule has 5 heteroatoms. The van der Waals surface area contributed by atoms with Crippen molar-refractivity contribution in [3.8, 4) is 0 Å². The highest BCUT2D eigenvalue weighted by Crippen LogP contribution is 2.21. The molecule has 3 nitrogen and oxygen atoms in total. The molecule has 2 N–H and O–H groups in total. The van der Waals surface area contributed by atoms with Crippen molar-refractivity contribution in [2.45, 2.75) is 13.0 Å². The topological polar surface area (TPSA) is 41.1 Å². The Kier molecular flexibility index (Phi) is 5.96. The third kappa shape index (κ3) is 4.95. The second kappa shape index (κ2) is 7.73. The van der Waals surface area contributed by atoms with Gasteiger partial charge < -0.3 is 10.6 Å². The number of benzene rings is 2. The number of rotatable bonds is 5. The summed E-state index contributed by atoms with van der Waals surface area (Å²) in [5.74, 6) is -0.0660. The van der Waals surface area contributed by atoms with Crippen LogP contribution in [0.4, 0.5) is 5.69 Å². The first-order valence-electron chi connectivity index (χ1n) is 6.59. The lowest BCUT2D eigenvalue weighted by Gasteiger charge is -2.15. The molecule has 21 heavy (non-hydrogen) atoms. The third-order valence-corrected chi connectivity index (χ3v) is 4.25. The lowest BCUT2D eigenvalue weighted by Crippen LogP contribution is -2.30. The molecule has 0 fully saturated rings. The normalized spacial score (nSPS) is 12.0. The molecule has 0 unspecified atom stereocenters. The number of carbonyl (C=O) groups is 1. The van der Waals surface area contributed by atoms with E-state index in [1.165, 1.54) is 0 Å². The summed E-state index contributed by atoms with van der Waals surface area (Å²) in [5.41, 5.74) is 1.91. The predicted octanol–water partition coefficient (Wildman–Crippen LogP) is 4.50. The molecule has 2 aromatic carbocycles. The molecular formula is C16H16Br2N2O. The minimum Gasteiger partial charge on any atom is -0.324 e. The average molecular weight is 412 g/mol. The molecule has 0 aliphatic carbocycles. The van der Waals surface area contributed by atoms with Crippen LogP contribution in [0.1, 0.15) is 18.5 Å². The first kappa shape index (κ1) is 16.2. The Morgan fingerprint density at radius 2 is 1.90 bits per heavy atom. The third-order valence-electron chi connectivity index (χ3n) is 3.07. The van der Waals surface area contributed by atoms with Crippen molar-refractivity contribution in [3.63, 3.8) is 0 Å². The number of amides is 1. The molecule has 0 aliphatic rings. The molecule has 110 valence electrons. The van der Waals surface area contributed by atoms with E-state index in [0.717, 1.165) is 20.2 Å². The SMILES string of the molecule is C[C@H](NCC(=O)Nc1ccccc1Br)c1cccc(Br)c1. The fourth-order valence-electron chi connectivity index (χ4n) is 1.90. The minimum atomic E-state index is -0.0660. The standard InChI is InChI=1S/C16H16Br2N2O/c1-11(12-5-4-6-13(17)9-12)19-10-16(21)20-15-8-3-2-7-14(15)18/h2-9,11,19H,10H2,1H3,(H,20,21)/t11-/m0/s1. The van der Waals surface area contributed by atoms with E-state index in [1.54, 1.807) is 0 Å². The molecule has 0 bridgehead atoms. The largest absolute Gasteiger partial charge is 0.324 e. The van der Waals surface area contributed by atoms with Crippen LogP contribution in [0.5, 0.6) is 0 Å². The van der Waals surface area contributed by atoms with E-state index in [2.05, 4.69) is 42.5 Å². The number of hydrogen-bond donors (Lipinski definition) is 2. The molecule has 0 radical (unpaired) electrons. The Morgan fingerprint density at radius 1 is 1.14 bits per heavy atom. The molecule has 1 atom stereocenters. The van der Waals surface area contributed by atoms with Gasteiger partial charge in [0.2, 0.25) is 5.91 Å². The maximum atomic E-state index is 12.0. The van der Waals surface area contributed by atoms with Crippen LogP contribution in [-0.4, -0.2) is 12.5 Å². The van der Waals surface area contributed by atoms with E-state index < -0.39 is 0 Å². The number of hydrogen-bond acceptors (Lipinski definition) is 2. The zero-order valence-electron chi connectivity index (χ0n) is 11.6. The highest BCUT2D eigenvalue weighted by Gasteiger charge is 2.09. The van der Waals surface area contributed by atoms with Gasteiger partial charge in [-0.25, -0.2) is 0 Å².